The molecule has 0 heterocycles. The van der Waals surface area contributed by atoms with Crippen LogP contribution in [0.25, 0.3) is 0 Å². The molecule has 0 heteroatoms. The van der Waals surface area contributed by atoms with Crippen LogP contribution in [0, 0.1) is 0 Å². The molecule has 0 aromatic rings. The van der Waals surface area contributed by atoms with Crippen LogP contribution >= 0.6 is 0 Å². The Morgan fingerprint density at radius 3 is 1.50 bits per heavy atom. The highest BCUT2D eigenvalue weighted by Gasteiger charge is 1.80. The van der Waals surface area contributed by atoms with E-state index in [-0.39, 0.29) is 0 Å². The Kier molecular flexibility index (Phi) is 8.04. The van der Waals surface area contributed by atoms with Crippen molar-refractivity contribution in [3.05, 3.63) is 24.3 Å². The van der Waals surface area contributed by atoms with Crippen molar-refractivity contribution >= 4 is 0 Å². The van der Waals surface area contributed by atoms with E-state index in [2.05, 4.69) is 38.2 Å². The molecule has 0 aliphatic carbocycles. The Hall–Kier alpha value is -0.520. The van der Waals surface area contributed by atoms with Gasteiger partial charge < -0.3 is 0 Å². The van der Waals surface area contributed by atoms with E-state index < -0.39 is 0 Å². The van der Waals surface area contributed by atoms with E-state index in [1.54, 1.807) is 0 Å². The first-order valence-corrected chi connectivity index (χ1v) is 4.14. The Balaban J connectivity index is 2.90. The van der Waals surface area contributed by atoms with Gasteiger partial charge in [0, 0.05) is 0 Å². The van der Waals surface area contributed by atoms with Crippen LogP contribution in [0.15, 0.2) is 24.3 Å². The lowest BCUT2D eigenvalue weighted by Gasteiger charge is -1.90. The fraction of sp³-hybridized carbons (Fsp3) is 0.600. The van der Waals surface area contributed by atoms with Crippen LogP contribution in [0.2, 0.25) is 0 Å². The Bertz CT molecular complexity index is 84.6. The molecule has 0 radical (unpaired) electrons. The van der Waals surface area contributed by atoms with Gasteiger partial charge in [-0.3, -0.25) is 0 Å². The second-order valence-electron chi connectivity index (χ2n) is 2.42. The number of rotatable bonds is 5. The largest absolute Gasteiger partial charge is 0.0917 e. The molecule has 0 bridgehead atoms. The fourth-order valence-electron chi connectivity index (χ4n) is 0.858. The van der Waals surface area contributed by atoms with E-state index in [1.165, 1.54) is 25.7 Å². The predicted octanol–water partition coefficient (Wildman–Crippen LogP) is 3.70. The van der Waals surface area contributed by atoms with Gasteiger partial charge in [0.15, 0.2) is 0 Å². The first-order valence-electron chi connectivity index (χ1n) is 4.14. The second-order valence-corrected chi connectivity index (χ2v) is 2.42. The lowest BCUT2D eigenvalue weighted by Crippen LogP contribution is -1.71. The zero-order chi connectivity index (χ0) is 7.66. The first-order chi connectivity index (χ1) is 4.91. The predicted molar refractivity (Wildman–Crippen MR) is 48.1 cm³/mol. The van der Waals surface area contributed by atoms with E-state index in [1.807, 2.05) is 0 Å². The first kappa shape index (κ1) is 9.48. The normalized spacial score (nSPS) is 11.8. The maximum atomic E-state index is 2.23. The highest BCUT2D eigenvalue weighted by atomic mass is 13.9. The van der Waals surface area contributed by atoms with Gasteiger partial charge >= 0.3 is 0 Å². The summed E-state index contributed by atoms with van der Waals surface area (Å²) < 4.78 is 0. The van der Waals surface area contributed by atoms with Crippen LogP contribution in [0.3, 0.4) is 0 Å². The van der Waals surface area contributed by atoms with Crippen LogP contribution in [0.4, 0.5) is 0 Å². The minimum Gasteiger partial charge on any atom is -0.0917 e. The summed E-state index contributed by atoms with van der Waals surface area (Å²) in [7, 11) is 0. The molecule has 0 unspecified atom stereocenters. The topological polar surface area (TPSA) is 0 Å². The molecule has 0 amide bonds. The summed E-state index contributed by atoms with van der Waals surface area (Å²) >= 11 is 0. The summed E-state index contributed by atoms with van der Waals surface area (Å²) in [5.74, 6) is 0. The summed E-state index contributed by atoms with van der Waals surface area (Å²) in [5.41, 5.74) is 0. The van der Waals surface area contributed by atoms with Crippen molar-refractivity contribution in [1.82, 2.24) is 0 Å². The molecule has 0 aliphatic heterocycles. The molecule has 0 saturated heterocycles. The average Bonchev–Trinajstić information content (AvgIpc) is 1.97. The molecular formula is C10H18. The highest BCUT2D eigenvalue weighted by molar-refractivity contribution is 4.79. The zero-order valence-electron chi connectivity index (χ0n) is 7.14. The zero-order valence-corrected chi connectivity index (χ0v) is 7.14. The van der Waals surface area contributed by atoms with Gasteiger partial charge in [0.25, 0.3) is 0 Å². The van der Waals surface area contributed by atoms with Crippen molar-refractivity contribution in [3.8, 4) is 0 Å². The van der Waals surface area contributed by atoms with E-state index >= 15 is 0 Å². The van der Waals surface area contributed by atoms with E-state index in [4.69, 9.17) is 0 Å². The number of hydrogen-bond donors (Lipinski definition) is 0. The summed E-state index contributed by atoms with van der Waals surface area (Å²) in [6, 6.07) is 0. The Morgan fingerprint density at radius 1 is 0.800 bits per heavy atom. The summed E-state index contributed by atoms with van der Waals surface area (Å²) in [5, 5.41) is 0. The second kappa shape index (κ2) is 8.48. The van der Waals surface area contributed by atoms with Gasteiger partial charge in [-0.2, -0.15) is 0 Å². The lowest BCUT2D eigenvalue weighted by molar-refractivity contribution is 0.761. The Morgan fingerprint density at radius 2 is 1.20 bits per heavy atom. The van der Waals surface area contributed by atoms with Crippen molar-refractivity contribution in [3.63, 3.8) is 0 Å². The van der Waals surface area contributed by atoms with Crippen molar-refractivity contribution in [1.29, 1.82) is 0 Å². The molecule has 0 aromatic heterocycles. The molecule has 0 N–H and O–H groups in total. The van der Waals surface area contributed by atoms with E-state index in [0.29, 0.717) is 0 Å². The Labute approximate surface area is 64.6 Å². The minimum atomic E-state index is 1.24. The van der Waals surface area contributed by atoms with Gasteiger partial charge in [0.1, 0.15) is 0 Å². The van der Waals surface area contributed by atoms with Gasteiger partial charge in [0.05, 0.1) is 0 Å². The van der Waals surface area contributed by atoms with Crippen molar-refractivity contribution in [2.75, 3.05) is 0 Å². The van der Waals surface area contributed by atoms with Crippen LogP contribution in [0.1, 0.15) is 39.5 Å². The average molecular weight is 138 g/mol. The van der Waals surface area contributed by atoms with Crippen LogP contribution in [-0.4, -0.2) is 0 Å². The molecule has 58 valence electrons. The third kappa shape index (κ3) is 7.48. The highest BCUT2D eigenvalue weighted by Crippen LogP contribution is 2.00. The molecule has 0 spiro atoms. The lowest BCUT2D eigenvalue weighted by atomic mass is 10.2. The van der Waals surface area contributed by atoms with Gasteiger partial charge in [-0.25, -0.2) is 0 Å². The molecule has 0 aliphatic rings. The molecule has 0 fully saturated rings. The molecular weight excluding hydrogens is 120 g/mol. The van der Waals surface area contributed by atoms with Crippen LogP contribution in [-0.2, 0) is 0 Å². The van der Waals surface area contributed by atoms with Gasteiger partial charge in [-0.05, 0) is 39.5 Å². The molecule has 0 aromatic carbocycles. The standard InChI is InChI=1S/C10H18/c1-3-5-7-9-10-8-6-4-2/h3-6H,7-10H2,1-2H3/b5-3-,6-4?. The summed E-state index contributed by atoms with van der Waals surface area (Å²) in [6.07, 6.45) is 13.8. The van der Waals surface area contributed by atoms with Gasteiger partial charge in [0.2, 0.25) is 0 Å². The van der Waals surface area contributed by atoms with Gasteiger partial charge in [-0.1, -0.05) is 24.3 Å². The molecule has 0 rings (SSSR count). The van der Waals surface area contributed by atoms with Crippen molar-refractivity contribution < 1.29 is 0 Å². The maximum Gasteiger partial charge on any atom is -0.0351 e. The van der Waals surface area contributed by atoms with Crippen molar-refractivity contribution in [2.24, 2.45) is 0 Å². The summed E-state index contributed by atoms with van der Waals surface area (Å²) in [4.78, 5) is 0. The maximum absolute atomic E-state index is 2.23. The smallest absolute Gasteiger partial charge is 0.0351 e. The number of unbranched alkanes of at least 4 members (excludes halogenated alkanes) is 3. The molecule has 0 saturated carbocycles. The van der Waals surface area contributed by atoms with Gasteiger partial charge in [-0.15, -0.1) is 0 Å². The summed E-state index contributed by atoms with van der Waals surface area (Å²) in [6.45, 7) is 4.15. The molecule has 0 atom stereocenters. The number of allylic oxidation sites excluding steroid dienone is 4. The number of hydrogen-bond acceptors (Lipinski definition) is 0. The van der Waals surface area contributed by atoms with E-state index in [0.717, 1.165) is 0 Å². The molecule has 10 heavy (non-hydrogen) atoms. The SMILES string of the molecule is CC=CCCCC/C=C\C. The minimum absolute atomic E-state index is 1.24. The molecule has 0 nitrogen and oxygen atoms in total. The van der Waals surface area contributed by atoms with Crippen LogP contribution in [0.5, 0.6) is 0 Å². The quantitative estimate of drug-likeness (QED) is 0.401. The third-order valence-electron chi connectivity index (χ3n) is 1.46. The van der Waals surface area contributed by atoms with Crippen LogP contribution < -0.4 is 0 Å². The van der Waals surface area contributed by atoms with Crippen molar-refractivity contribution in [2.45, 2.75) is 39.5 Å². The fourth-order valence-corrected chi connectivity index (χ4v) is 0.858. The third-order valence-corrected chi connectivity index (χ3v) is 1.46. The van der Waals surface area contributed by atoms with E-state index in [9.17, 15) is 0 Å². The monoisotopic (exact) mass is 138 g/mol.